The summed E-state index contributed by atoms with van der Waals surface area (Å²) in [6, 6.07) is 6.74. The maximum Gasteiger partial charge on any atom is 0.256 e. The number of pyridine rings is 1. The largest absolute Gasteiger partial charge is 0.393 e. The molecule has 0 saturated heterocycles. The fourth-order valence-electron chi connectivity index (χ4n) is 3.16. The molecule has 0 radical (unpaired) electrons. The van der Waals surface area contributed by atoms with Gasteiger partial charge in [0.15, 0.2) is 0 Å². The van der Waals surface area contributed by atoms with Gasteiger partial charge in [0.1, 0.15) is 11.4 Å². The Bertz CT molecular complexity index is 1010. The van der Waals surface area contributed by atoms with Gasteiger partial charge < -0.3 is 20.1 Å². The van der Waals surface area contributed by atoms with Gasteiger partial charge in [0.2, 0.25) is 0 Å². The van der Waals surface area contributed by atoms with Crippen molar-refractivity contribution in [2.75, 3.05) is 11.9 Å². The van der Waals surface area contributed by atoms with E-state index in [0.29, 0.717) is 22.0 Å². The number of aromatic nitrogens is 2. The van der Waals surface area contributed by atoms with E-state index in [4.69, 9.17) is 11.6 Å². The Kier molecular flexibility index (Phi) is 5.24. The molecule has 1 amide bonds. The molecule has 6 nitrogen and oxygen atoms in total. The molecule has 3 aromatic rings. The second kappa shape index (κ2) is 7.31. The van der Waals surface area contributed by atoms with Gasteiger partial charge in [0.25, 0.3) is 5.91 Å². The average Bonchev–Trinajstić information content (AvgIpc) is 2.96. The van der Waals surface area contributed by atoms with E-state index >= 15 is 0 Å². The first-order chi connectivity index (χ1) is 12.8. The van der Waals surface area contributed by atoms with Gasteiger partial charge in [0, 0.05) is 36.0 Å². The summed E-state index contributed by atoms with van der Waals surface area (Å²) in [4.78, 5) is 16.9. The quantitative estimate of drug-likeness (QED) is 0.625. The molecule has 27 heavy (non-hydrogen) atoms. The lowest BCUT2D eigenvalue weighted by Gasteiger charge is -2.23. The summed E-state index contributed by atoms with van der Waals surface area (Å²) in [6.45, 7) is 5.69. The lowest BCUT2D eigenvalue weighted by Crippen LogP contribution is -2.27. The summed E-state index contributed by atoms with van der Waals surface area (Å²) in [6.07, 6.45) is 3.49. The van der Waals surface area contributed by atoms with Crippen LogP contribution >= 0.6 is 11.6 Å². The van der Waals surface area contributed by atoms with Crippen LogP contribution in [0.2, 0.25) is 5.02 Å². The highest BCUT2D eigenvalue weighted by molar-refractivity contribution is 6.35. The van der Waals surface area contributed by atoms with Crippen molar-refractivity contribution >= 4 is 34.2 Å². The van der Waals surface area contributed by atoms with Crippen LogP contribution in [0.1, 0.15) is 35.3 Å². The van der Waals surface area contributed by atoms with E-state index < -0.39 is 12.2 Å². The molecular weight excluding hydrogens is 366 g/mol. The van der Waals surface area contributed by atoms with Crippen molar-refractivity contribution in [3.05, 3.63) is 58.4 Å². The molecule has 2 heterocycles. The van der Waals surface area contributed by atoms with E-state index in [9.17, 15) is 15.0 Å². The Hall–Kier alpha value is -2.41. The van der Waals surface area contributed by atoms with Gasteiger partial charge in [-0.05, 0) is 44.0 Å². The number of benzene rings is 1. The van der Waals surface area contributed by atoms with Gasteiger partial charge in [-0.25, -0.2) is 4.98 Å². The number of halogens is 1. The van der Waals surface area contributed by atoms with Crippen molar-refractivity contribution in [3.8, 4) is 0 Å². The molecule has 1 aromatic carbocycles. The third-order valence-electron chi connectivity index (χ3n) is 4.68. The zero-order valence-electron chi connectivity index (χ0n) is 15.5. The SMILES string of the molecule is CCn1cc(Cl)c2cnc(NC(=O)c3ccc(C(C)(O)CO)c(C)c3)cc21. The number of carbonyl (C=O) groups is 1. The second-order valence-electron chi connectivity index (χ2n) is 6.77. The minimum absolute atomic E-state index is 0.305. The van der Waals surface area contributed by atoms with E-state index in [2.05, 4.69) is 10.3 Å². The predicted molar refractivity (Wildman–Crippen MR) is 106 cm³/mol. The predicted octanol–water partition coefficient (Wildman–Crippen LogP) is 3.47. The topological polar surface area (TPSA) is 87.4 Å². The van der Waals surface area contributed by atoms with E-state index in [1.807, 2.05) is 17.7 Å². The second-order valence-corrected chi connectivity index (χ2v) is 7.17. The minimum Gasteiger partial charge on any atom is -0.393 e. The Morgan fingerprint density at radius 2 is 2.11 bits per heavy atom. The van der Waals surface area contributed by atoms with Gasteiger partial charge in [-0.2, -0.15) is 0 Å². The van der Waals surface area contributed by atoms with Crippen LogP contribution in [0.25, 0.3) is 10.9 Å². The average molecular weight is 388 g/mol. The molecule has 1 atom stereocenters. The molecule has 0 aliphatic heterocycles. The number of aliphatic hydroxyl groups is 2. The van der Waals surface area contributed by atoms with Crippen molar-refractivity contribution in [1.29, 1.82) is 0 Å². The summed E-state index contributed by atoms with van der Waals surface area (Å²) < 4.78 is 1.99. The highest BCUT2D eigenvalue weighted by Crippen LogP contribution is 2.27. The molecule has 0 aliphatic rings. The third kappa shape index (κ3) is 3.69. The minimum atomic E-state index is -1.35. The first-order valence-corrected chi connectivity index (χ1v) is 9.04. The number of anilines is 1. The molecule has 1 unspecified atom stereocenters. The Balaban J connectivity index is 1.87. The van der Waals surface area contributed by atoms with Crippen molar-refractivity contribution < 1.29 is 15.0 Å². The molecule has 7 heteroatoms. The van der Waals surface area contributed by atoms with Crippen LogP contribution in [-0.4, -0.2) is 32.3 Å². The maximum absolute atomic E-state index is 12.6. The van der Waals surface area contributed by atoms with Crippen LogP contribution in [0.15, 0.2) is 36.7 Å². The van der Waals surface area contributed by atoms with E-state index in [1.54, 1.807) is 37.4 Å². The van der Waals surface area contributed by atoms with Gasteiger partial charge in [-0.3, -0.25) is 4.79 Å². The monoisotopic (exact) mass is 387 g/mol. The maximum atomic E-state index is 12.6. The molecule has 0 spiro atoms. The van der Waals surface area contributed by atoms with Crippen LogP contribution in [0.3, 0.4) is 0 Å². The zero-order chi connectivity index (χ0) is 19.8. The van der Waals surface area contributed by atoms with E-state index in [0.717, 1.165) is 23.0 Å². The molecule has 2 aromatic heterocycles. The fourth-order valence-corrected chi connectivity index (χ4v) is 3.42. The molecule has 3 N–H and O–H groups in total. The molecule has 0 aliphatic carbocycles. The zero-order valence-corrected chi connectivity index (χ0v) is 16.2. The highest BCUT2D eigenvalue weighted by atomic mass is 35.5. The van der Waals surface area contributed by atoms with E-state index in [-0.39, 0.29) is 5.91 Å². The lowest BCUT2D eigenvalue weighted by molar-refractivity contribution is -0.00279. The molecule has 0 bridgehead atoms. The molecule has 3 rings (SSSR count). The van der Waals surface area contributed by atoms with Crippen LogP contribution in [0.4, 0.5) is 5.82 Å². The summed E-state index contributed by atoms with van der Waals surface area (Å²) in [5.74, 6) is 0.127. The summed E-state index contributed by atoms with van der Waals surface area (Å²) >= 11 is 6.21. The van der Waals surface area contributed by atoms with Gasteiger partial charge in [-0.1, -0.05) is 17.7 Å². The van der Waals surface area contributed by atoms with Crippen molar-refractivity contribution in [2.24, 2.45) is 0 Å². The first kappa shape index (κ1) is 19.4. The van der Waals surface area contributed by atoms with Gasteiger partial charge in [-0.15, -0.1) is 0 Å². The number of hydrogen-bond donors (Lipinski definition) is 3. The number of fused-ring (bicyclic) bond motifs is 1. The summed E-state index contributed by atoms with van der Waals surface area (Å²) in [7, 11) is 0. The number of aryl methyl sites for hydroxylation is 2. The standard InChI is InChI=1S/C20H22ClN3O3/c1-4-24-10-16(21)14-9-22-18(8-17(14)24)23-19(26)13-5-6-15(12(2)7-13)20(3,27)11-25/h5-10,25,27H,4,11H2,1-3H3,(H,22,23,26). The number of rotatable bonds is 5. The Morgan fingerprint density at radius 3 is 2.74 bits per heavy atom. The van der Waals surface area contributed by atoms with E-state index in [1.165, 1.54) is 6.92 Å². The number of nitrogens with one attached hydrogen (secondary N) is 1. The Morgan fingerprint density at radius 1 is 1.37 bits per heavy atom. The lowest BCUT2D eigenvalue weighted by atomic mass is 9.91. The van der Waals surface area contributed by atoms with Crippen LogP contribution in [-0.2, 0) is 12.1 Å². The smallest absolute Gasteiger partial charge is 0.256 e. The normalized spacial score (nSPS) is 13.6. The first-order valence-electron chi connectivity index (χ1n) is 8.67. The highest BCUT2D eigenvalue weighted by Gasteiger charge is 2.24. The molecule has 0 fully saturated rings. The van der Waals surface area contributed by atoms with Gasteiger partial charge >= 0.3 is 0 Å². The molecule has 0 saturated carbocycles. The van der Waals surface area contributed by atoms with Crippen LogP contribution < -0.4 is 5.32 Å². The molecular formula is C20H22ClN3O3. The summed E-state index contributed by atoms with van der Waals surface area (Å²) in [5.41, 5.74) is 1.29. The number of amides is 1. The Labute approximate surface area is 162 Å². The van der Waals surface area contributed by atoms with Crippen molar-refractivity contribution in [1.82, 2.24) is 9.55 Å². The van der Waals surface area contributed by atoms with Crippen molar-refractivity contribution in [2.45, 2.75) is 32.9 Å². The van der Waals surface area contributed by atoms with Crippen LogP contribution in [0.5, 0.6) is 0 Å². The molecule has 142 valence electrons. The van der Waals surface area contributed by atoms with Gasteiger partial charge in [0.05, 0.1) is 17.1 Å². The number of aliphatic hydroxyl groups excluding tert-OH is 1. The number of hydrogen-bond acceptors (Lipinski definition) is 4. The van der Waals surface area contributed by atoms with Crippen LogP contribution in [0, 0.1) is 6.92 Å². The summed E-state index contributed by atoms with van der Waals surface area (Å²) in [5, 5.41) is 23.8. The third-order valence-corrected chi connectivity index (χ3v) is 4.98. The number of nitrogens with zero attached hydrogens (tertiary/aromatic N) is 2. The number of carbonyl (C=O) groups excluding carboxylic acids is 1. The van der Waals surface area contributed by atoms with Crippen molar-refractivity contribution in [3.63, 3.8) is 0 Å². The fraction of sp³-hybridized carbons (Fsp3) is 0.300.